The van der Waals surface area contributed by atoms with Crippen molar-refractivity contribution in [1.29, 1.82) is 0 Å². The normalized spacial score (nSPS) is 11.5. The van der Waals surface area contributed by atoms with E-state index in [4.69, 9.17) is 9.47 Å². The van der Waals surface area contributed by atoms with Gasteiger partial charge in [0.2, 0.25) is 0 Å². The van der Waals surface area contributed by atoms with Gasteiger partial charge in [-0.3, -0.25) is 0 Å². The molecule has 0 bridgehead atoms. The van der Waals surface area contributed by atoms with Crippen molar-refractivity contribution in [3.63, 3.8) is 0 Å². The van der Waals surface area contributed by atoms with Crippen LogP contribution in [0.2, 0.25) is 0 Å². The molecule has 6 nitrogen and oxygen atoms in total. The van der Waals surface area contributed by atoms with Gasteiger partial charge < -0.3 is 19.3 Å². The van der Waals surface area contributed by atoms with Crippen molar-refractivity contribution in [1.82, 2.24) is 0 Å². The minimum absolute atomic E-state index is 0.110. The maximum atomic E-state index is 11.8. The smallest absolute Gasteiger partial charge is 0.341 e. The lowest BCUT2D eigenvalue weighted by atomic mass is 9.94. The van der Waals surface area contributed by atoms with Gasteiger partial charge in [-0.15, -0.1) is 0 Å². The van der Waals surface area contributed by atoms with Gasteiger partial charge in [-0.05, 0) is 24.6 Å². The van der Waals surface area contributed by atoms with E-state index in [0.29, 0.717) is 23.3 Å². The van der Waals surface area contributed by atoms with E-state index in [1.165, 1.54) is 20.3 Å². The van der Waals surface area contributed by atoms with E-state index in [-0.39, 0.29) is 23.8 Å². The van der Waals surface area contributed by atoms with Crippen molar-refractivity contribution < 1.29 is 28.9 Å². The van der Waals surface area contributed by atoms with Crippen LogP contribution in [0.1, 0.15) is 45.5 Å². The van der Waals surface area contributed by atoms with Crippen LogP contribution in [-0.4, -0.2) is 37.9 Å². The van der Waals surface area contributed by atoms with Gasteiger partial charge in [0.15, 0.2) is 0 Å². The molecule has 0 saturated carbocycles. The molecule has 0 saturated heterocycles. The second-order valence-electron chi connectivity index (χ2n) is 5.64. The van der Waals surface area contributed by atoms with Crippen molar-refractivity contribution in [2.24, 2.45) is 0 Å². The number of carbonyl (C=O) groups is 2. The van der Waals surface area contributed by atoms with Crippen LogP contribution >= 0.6 is 0 Å². The Kier molecular flexibility index (Phi) is 6.60. The van der Waals surface area contributed by atoms with Crippen LogP contribution in [0.3, 0.4) is 0 Å². The maximum absolute atomic E-state index is 11.8. The van der Waals surface area contributed by atoms with Gasteiger partial charge in [0.05, 0.1) is 20.8 Å². The Bertz CT molecular complexity index is 784. The van der Waals surface area contributed by atoms with E-state index in [9.17, 15) is 14.7 Å². The van der Waals surface area contributed by atoms with Crippen LogP contribution in [-0.2, 0) is 9.47 Å². The molecule has 1 atom stereocenters. The highest BCUT2D eigenvalue weighted by Crippen LogP contribution is 2.32. The summed E-state index contributed by atoms with van der Waals surface area (Å²) in [5, 5.41) is 10.4. The van der Waals surface area contributed by atoms with E-state index < -0.39 is 11.9 Å². The number of esters is 2. The molecule has 2 aromatic rings. The molecule has 2 aromatic carbocycles. The average Bonchev–Trinajstić information content (AvgIpc) is 2.68. The third kappa shape index (κ3) is 4.14. The molecular weight excluding hydrogens is 336 g/mol. The fourth-order valence-electron chi connectivity index (χ4n) is 2.65. The summed E-state index contributed by atoms with van der Waals surface area (Å²) in [5.41, 5.74) is 1.03. The molecule has 1 unspecified atom stereocenters. The molecule has 6 heteroatoms. The maximum Gasteiger partial charge on any atom is 0.341 e. The van der Waals surface area contributed by atoms with Crippen LogP contribution in [0.4, 0.5) is 0 Å². The van der Waals surface area contributed by atoms with Gasteiger partial charge in [0.1, 0.15) is 22.6 Å². The number of phenolic OH excluding ortho intramolecular Hbond substituents is 1. The van der Waals surface area contributed by atoms with Gasteiger partial charge >= 0.3 is 11.9 Å². The molecule has 0 fully saturated rings. The summed E-state index contributed by atoms with van der Waals surface area (Å²) in [6.45, 7) is 2.17. The van der Waals surface area contributed by atoms with Crippen molar-refractivity contribution in [3.8, 4) is 11.5 Å². The number of benzene rings is 2. The van der Waals surface area contributed by atoms with E-state index >= 15 is 0 Å². The molecule has 2 rings (SSSR count). The van der Waals surface area contributed by atoms with Crippen molar-refractivity contribution >= 4 is 11.9 Å². The molecule has 138 valence electrons. The minimum Gasteiger partial charge on any atom is -0.507 e. The molecule has 0 aliphatic rings. The second kappa shape index (κ2) is 8.89. The van der Waals surface area contributed by atoms with Crippen molar-refractivity contribution in [3.05, 3.63) is 59.2 Å². The number of hydrogen-bond donors (Lipinski definition) is 1. The summed E-state index contributed by atoms with van der Waals surface area (Å²) in [7, 11) is 2.57. The third-order valence-electron chi connectivity index (χ3n) is 4.14. The average molecular weight is 358 g/mol. The summed E-state index contributed by atoms with van der Waals surface area (Å²) in [6.07, 6.45) is 0.665. The molecular formula is C20H22O6. The number of aromatic hydroxyl groups is 1. The zero-order valence-corrected chi connectivity index (χ0v) is 15.0. The van der Waals surface area contributed by atoms with Crippen molar-refractivity contribution in [2.45, 2.75) is 19.3 Å². The van der Waals surface area contributed by atoms with Crippen LogP contribution in [0.25, 0.3) is 0 Å². The predicted molar refractivity (Wildman–Crippen MR) is 95.8 cm³/mol. The number of carbonyl (C=O) groups excluding carboxylic acids is 2. The summed E-state index contributed by atoms with van der Waals surface area (Å²) in [6, 6.07) is 11.7. The van der Waals surface area contributed by atoms with Gasteiger partial charge in [-0.1, -0.05) is 31.2 Å². The van der Waals surface area contributed by atoms with Gasteiger partial charge in [-0.25, -0.2) is 9.59 Å². The number of rotatable bonds is 7. The van der Waals surface area contributed by atoms with E-state index in [1.807, 2.05) is 6.92 Å². The topological polar surface area (TPSA) is 82.1 Å². The van der Waals surface area contributed by atoms with Gasteiger partial charge in [0, 0.05) is 11.5 Å². The Morgan fingerprint density at radius 2 is 1.58 bits per heavy atom. The molecule has 1 N–H and O–H groups in total. The molecule has 0 aromatic heterocycles. The molecule has 0 radical (unpaired) electrons. The minimum atomic E-state index is -0.601. The monoisotopic (exact) mass is 358 g/mol. The predicted octanol–water partition coefficient (Wildman–Crippen LogP) is 3.54. The highest BCUT2D eigenvalue weighted by Gasteiger charge is 2.21. The first-order valence-electron chi connectivity index (χ1n) is 8.23. The van der Waals surface area contributed by atoms with Crippen molar-refractivity contribution in [2.75, 3.05) is 20.8 Å². The summed E-state index contributed by atoms with van der Waals surface area (Å²) >= 11 is 0. The molecule has 0 heterocycles. The third-order valence-corrected chi connectivity index (χ3v) is 4.14. The fraction of sp³-hybridized carbons (Fsp3) is 0.300. The number of hydrogen-bond acceptors (Lipinski definition) is 6. The van der Waals surface area contributed by atoms with Gasteiger partial charge in [0.25, 0.3) is 0 Å². The van der Waals surface area contributed by atoms with Crippen LogP contribution in [0.5, 0.6) is 11.5 Å². The standard InChI is InChI=1S/C20H22O6/c1-4-13(14-9-7-10-16(18(14)21)20(23)25-3)12-26-17-11-6-5-8-15(17)19(22)24-2/h5-11,13,21H,4,12H2,1-3H3. The molecule has 0 aliphatic heterocycles. The first-order chi connectivity index (χ1) is 12.5. The summed E-state index contributed by atoms with van der Waals surface area (Å²) < 4.78 is 15.3. The Labute approximate surface area is 152 Å². The van der Waals surface area contributed by atoms with Crippen LogP contribution in [0, 0.1) is 0 Å². The van der Waals surface area contributed by atoms with Crippen LogP contribution in [0.15, 0.2) is 42.5 Å². The largest absolute Gasteiger partial charge is 0.507 e. The lowest BCUT2D eigenvalue weighted by Crippen LogP contribution is -2.13. The Balaban J connectivity index is 2.24. The fourth-order valence-corrected chi connectivity index (χ4v) is 2.65. The van der Waals surface area contributed by atoms with E-state index in [2.05, 4.69) is 4.74 Å². The van der Waals surface area contributed by atoms with E-state index in [0.717, 1.165) is 0 Å². The highest BCUT2D eigenvalue weighted by molar-refractivity contribution is 5.93. The molecule has 0 amide bonds. The first-order valence-corrected chi connectivity index (χ1v) is 8.23. The summed E-state index contributed by atoms with van der Waals surface area (Å²) in [4.78, 5) is 23.6. The number of para-hydroxylation sites is 2. The number of phenols is 1. The number of ether oxygens (including phenoxy) is 3. The van der Waals surface area contributed by atoms with Gasteiger partial charge in [-0.2, -0.15) is 0 Å². The summed E-state index contributed by atoms with van der Waals surface area (Å²) in [5.74, 6) is -0.969. The molecule has 26 heavy (non-hydrogen) atoms. The molecule has 0 aliphatic carbocycles. The Morgan fingerprint density at radius 3 is 2.23 bits per heavy atom. The second-order valence-corrected chi connectivity index (χ2v) is 5.64. The first kappa shape index (κ1) is 19.3. The quantitative estimate of drug-likeness (QED) is 0.763. The van der Waals surface area contributed by atoms with E-state index in [1.54, 1.807) is 36.4 Å². The highest BCUT2D eigenvalue weighted by atomic mass is 16.5. The number of methoxy groups -OCH3 is 2. The zero-order chi connectivity index (χ0) is 19.1. The zero-order valence-electron chi connectivity index (χ0n) is 15.0. The Hall–Kier alpha value is -3.02. The SMILES string of the molecule is CCC(COc1ccccc1C(=O)OC)c1cccc(C(=O)OC)c1O. The lowest BCUT2D eigenvalue weighted by Gasteiger charge is -2.19. The Morgan fingerprint density at radius 1 is 0.962 bits per heavy atom. The lowest BCUT2D eigenvalue weighted by molar-refractivity contribution is 0.0586. The van der Waals surface area contributed by atoms with Crippen LogP contribution < -0.4 is 4.74 Å². The molecule has 0 spiro atoms.